The highest BCUT2D eigenvalue weighted by Crippen LogP contribution is 2.15. The number of nitrogens with two attached hydrogens (primary N) is 1. The molecule has 0 aromatic rings. The Morgan fingerprint density at radius 2 is 2.00 bits per heavy atom. The van der Waals surface area contributed by atoms with E-state index in [1.54, 1.807) is 4.90 Å². The van der Waals surface area contributed by atoms with Gasteiger partial charge >= 0.3 is 0 Å². The standard InChI is InChI=1S/C12H21N3O2S/c1-3-10(11(13)18)12(17)15-6-4-9(5-7-15)14-8(2)16/h9-10H,3-7H2,1-2H3,(H2,13,18)(H,14,16). The van der Waals surface area contributed by atoms with E-state index in [1.165, 1.54) is 6.92 Å². The van der Waals surface area contributed by atoms with E-state index in [1.807, 2.05) is 6.92 Å². The van der Waals surface area contributed by atoms with Crippen LogP contribution in [0.4, 0.5) is 0 Å². The quantitative estimate of drug-likeness (QED) is 0.727. The summed E-state index contributed by atoms with van der Waals surface area (Å²) < 4.78 is 0. The zero-order valence-electron chi connectivity index (χ0n) is 10.9. The van der Waals surface area contributed by atoms with Crippen molar-refractivity contribution in [3.63, 3.8) is 0 Å². The van der Waals surface area contributed by atoms with Crippen LogP contribution in [0, 0.1) is 5.92 Å². The van der Waals surface area contributed by atoms with E-state index in [-0.39, 0.29) is 28.8 Å². The summed E-state index contributed by atoms with van der Waals surface area (Å²) in [5, 5.41) is 2.88. The third-order valence-electron chi connectivity index (χ3n) is 3.26. The van der Waals surface area contributed by atoms with Gasteiger partial charge in [0, 0.05) is 26.1 Å². The van der Waals surface area contributed by atoms with E-state index < -0.39 is 0 Å². The van der Waals surface area contributed by atoms with Crippen LogP contribution in [-0.4, -0.2) is 40.8 Å². The lowest BCUT2D eigenvalue weighted by atomic mass is 10.0. The van der Waals surface area contributed by atoms with Crippen molar-refractivity contribution >= 4 is 29.0 Å². The van der Waals surface area contributed by atoms with Gasteiger partial charge in [-0.3, -0.25) is 9.59 Å². The Balaban J connectivity index is 2.49. The van der Waals surface area contributed by atoms with Crippen molar-refractivity contribution in [1.82, 2.24) is 10.2 Å². The molecular formula is C12H21N3O2S. The third kappa shape index (κ3) is 3.94. The molecule has 3 N–H and O–H groups in total. The van der Waals surface area contributed by atoms with Crippen LogP contribution >= 0.6 is 12.2 Å². The SMILES string of the molecule is CCC(C(=O)N1CCC(NC(C)=O)CC1)C(N)=S. The normalized spacial score (nSPS) is 18.2. The fourth-order valence-electron chi connectivity index (χ4n) is 2.25. The Kier molecular flexibility index (Phi) is 5.53. The largest absolute Gasteiger partial charge is 0.393 e. The molecule has 102 valence electrons. The second kappa shape index (κ2) is 6.68. The molecule has 1 aliphatic heterocycles. The summed E-state index contributed by atoms with van der Waals surface area (Å²) >= 11 is 4.92. The minimum absolute atomic E-state index is 0.0191. The van der Waals surface area contributed by atoms with Gasteiger partial charge in [-0.05, 0) is 19.3 Å². The molecule has 0 aromatic carbocycles. The summed E-state index contributed by atoms with van der Waals surface area (Å²) in [5.41, 5.74) is 5.57. The molecule has 0 saturated carbocycles. The van der Waals surface area contributed by atoms with Crippen molar-refractivity contribution in [2.45, 2.75) is 39.2 Å². The number of hydrogen-bond donors (Lipinski definition) is 2. The summed E-state index contributed by atoms with van der Waals surface area (Å²) in [5.74, 6) is -0.349. The maximum atomic E-state index is 12.2. The lowest BCUT2D eigenvalue weighted by Gasteiger charge is -2.34. The van der Waals surface area contributed by atoms with E-state index in [9.17, 15) is 9.59 Å². The van der Waals surface area contributed by atoms with Crippen molar-refractivity contribution in [3.05, 3.63) is 0 Å². The molecular weight excluding hydrogens is 250 g/mol. The molecule has 0 spiro atoms. The van der Waals surface area contributed by atoms with Crippen LogP contribution in [0.3, 0.4) is 0 Å². The molecule has 1 atom stereocenters. The first kappa shape index (κ1) is 14.9. The highest BCUT2D eigenvalue weighted by molar-refractivity contribution is 7.80. The van der Waals surface area contributed by atoms with Gasteiger partial charge in [0.1, 0.15) is 0 Å². The van der Waals surface area contributed by atoms with Crippen LogP contribution in [0.15, 0.2) is 0 Å². The molecule has 1 saturated heterocycles. The molecule has 0 aliphatic carbocycles. The first-order chi connectivity index (χ1) is 8.45. The number of rotatable bonds is 4. The Bertz CT molecular complexity index is 338. The predicted molar refractivity (Wildman–Crippen MR) is 74.0 cm³/mol. The molecule has 1 heterocycles. The summed E-state index contributed by atoms with van der Waals surface area (Å²) in [6, 6.07) is 0.177. The van der Waals surface area contributed by atoms with Gasteiger partial charge in [-0.2, -0.15) is 0 Å². The van der Waals surface area contributed by atoms with Gasteiger partial charge in [0.25, 0.3) is 0 Å². The maximum Gasteiger partial charge on any atom is 0.232 e. The molecule has 0 bridgehead atoms. The first-order valence-corrected chi connectivity index (χ1v) is 6.71. The molecule has 1 rings (SSSR count). The van der Waals surface area contributed by atoms with Crippen LogP contribution in [0.2, 0.25) is 0 Å². The second-order valence-electron chi connectivity index (χ2n) is 4.66. The fourth-order valence-corrected chi connectivity index (χ4v) is 2.52. The lowest BCUT2D eigenvalue weighted by Crippen LogP contribution is -2.49. The average Bonchev–Trinajstić information content (AvgIpc) is 2.29. The minimum Gasteiger partial charge on any atom is -0.393 e. The lowest BCUT2D eigenvalue weighted by molar-refractivity contribution is -0.134. The molecule has 1 fully saturated rings. The van der Waals surface area contributed by atoms with Crippen LogP contribution in [0.1, 0.15) is 33.1 Å². The topological polar surface area (TPSA) is 75.4 Å². The summed E-state index contributed by atoms with van der Waals surface area (Å²) in [6.45, 7) is 4.73. The summed E-state index contributed by atoms with van der Waals surface area (Å²) in [7, 11) is 0. The van der Waals surface area contributed by atoms with Crippen LogP contribution in [0.25, 0.3) is 0 Å². The number of hydrogen-bond acceptors (Lipinski definition) is 3. The summed E-state index contributed by atoms with van der Waals surface area (Å²) in [6.07, 6.45) is 2.22. The molecule has 18 heavy (non-hydrogen) atoms. The smallest absolute Gasteiger partial charge is 0.232 e. The summed E-state index contributed by atoms with van der Waals surface area (Å²) in [4.78, 5) is 25.2. The Morgan fingerprint density at radius 3 is 2.39 bits per heavy atom. The van der Waals surface area contributed by atoms with Gasteiger partial charge in [-0.15, -0.1) is 0 Å². The van der Waals surface area contributed by atoms with E-state index in [0.29, 0.717) is 19.5 Å². The number of amides is 2. The van der Waals surface area contributed by atoms with Crippen molar-refractivity contribution < 1.29 is 9.59 Å². The fraction of sp³-hybridized carbons (Fsp3) is 0.750. The number of nitrogens with one attached hydrogen (secondary N) is 1. The molecule has 6 heteroatoms. The van der Waals surface area contributed by atoms with Crippen LogP contribution < -0.4 is 11.1 Å². The van der Waals surface area contributed by atoms with Gasteiger partial charge in [0.05, 0.1) is 10.9 Å². The van der Waals surface area contributed by atoms with Gasteiger partial charge < -0.3 is 16.0 Å². The number of thiocarbonyl (C=S) groups is 1. The third-order valence-corrected chi connectivity index (χ3v) is 3.55. The van der Waals surface area contributed by atoms with E-state index in [0.717, 1.165) is 12.8 Å². The predicted octanol–water partition coefficient (Wildman–Crippen LogP) is 0.426. The van der Waals surface area contributed by atoms with E-state index in [4.69, 9.17) is 18.0 Å². The Labute approximate surface area is 113 Å². The zero-order valence-corrected chi connectivity index (χ0v) is 11.8. The van der Waals surface area contributed by atoms with Gasteiger partial charge in [-0.25, -0.2) is 0 Å². The highest BCUT2D eigenvalue weighted by atomic mass is 32.1. The Morgan fingerprint density at radius 1 is 1.44 bits per heavy atom. The maximum absolute atomic E-state index is 12.2. The number of carbonyl (C=O) groups is 2. The molecule has 1 unspecified atom stereocenters. The van der Waals surface area contributed by atoms with Crippen molar-refractivity contribution in [1.29, 1.82) is 0 Å². The van der Waals surface area contributed by atoms with E-state index >= 15 is 0 Å². The zero-order chi connectivity index (χ0) is 13.7. The average molecular weight is 271 g/mol. The first-order valence-electron chi connectivity index (χ1n) is 6.30. The number of likely N-dealkylation sites (tertiary alicyclic amines) is 1. The molecule has 0 radical (unpaired) electrons. The van der Waals surface area contributed by atoms with Crippen LogP contribution in [-0.2, 0) is 9.59 Å². The van der Waals surface area contributed by atoms with Crippen molar-refractivity contribution in [2.24, 2.45) is 11.7 Å². The monoisotopic (exact) mass is 271 g/mol. The molecule has 1 aliphatic rings. The number of carbonyl (C=O) groups excluding carboxylic acids is 2. The van der Waals surface area contributed by atoms with Gasteiger partial charge in [0.2, 0.25) is 11.8 Å². The minimum atomic E-state index is -0.350. The van der Waals surface area contributed by atoms with Crippen LogP contribution in [0.5, 0.6) is 0 Å². The van der Waals surface area contributed by atoms with Gasteiger partial charge in [-0.1, -0.05) is 19.1 Å². The highest BCUT2D eigenvalue weighted by Gasteiger charge is 2.28. The molecule has 5 nitrogen and oxygen atoms in total. The van der Waals surface area contributed by atoms with E-state index in [2.05, 4.69) is 5.32 Å². The second-order valence-corrected chi connectivity index (χ2v) is 5.13. The number of nitrogens with zero attached hydrogens (tertiary/aromatic N) is 1. The number of piperidine rings is 1. The van der Waals surface area contributed by atoms with Crippen molar-refractivity contribution in [3.8, 4) is 0 Å². The van der Waals surface area contributed by atoms with Gasteiger partial charge in [0.15, 0.2) is 0 Å². The Hall–Kier alpha value is -1.17. The molecule has 0 aromatic heterocycles. The molecule has 2 amide bonds. The van der Waals surface area contributed by atoms with Crippen molar-refractivity contribution in [2.75, 3.05) is 13.1 Å².